The number of rotatable bonds is 3. The smallest absolute Gasteiger partial charge is 0.301 e. The number of carbonyl (C=O) groups excluding carboxylic acids is 1. The molecule has 0 spiro atoms. The van der Waals surface area contributed by atoms with Crippen LogP contribution in [0.25, 0.3) is 21.8 Å². The van der Waals surface area contributed by atoms with Crippen LogP contribution in [0.2, 0.25) is 0 Å². The number of hydrogen-bond donors (Lipinski definition) is 3. The third-order valence-electron chi connectivity index (χ3n) is 3.71. The van der Waals surface area contributed by atoms with Gasteiger partial charge in [-0.1, -0.05) is 0 Å². The number of hydrogen-bond acceptors (Lipinski definition) is 5. The van der Waals surface area contributed by atoms with Gasteiger partial charge in [0.15, 0.2) is 0 Å². The van der Waals surface area contributed by atoms with Crippen LogP contribution < -0.4 is 10.6 Å². The van der Waals surface area contributed by atoms with Gasteiger partial charge in [0, 0.05) is 28.2 Å². The fraction of sp³-hybridized carbons (Fsp3) is 0. The minimum Gasteiger partial charge on any atom is -0.361 e. The van der Waals surface area contributed by atoms with E-state index in [-0.39, 0.29) is 0 Å². The van der Waals surface area contributed by atoms with E-state index in [1.807, 2.05) is 36.4 Å². The number of amides is 1. The molecule has 3 N–H and O–H groups in total. The molecule has 0 atom stereocenters. The highest BCUT2D eigenvalue weighted by Gasteiger charge is 2.08. The van der Waals surface area contributed by atoms with Gasteiger partial charge in [-0.15, -0.1) is 6.42 Å². The van der Waals surface area contributed by atoms with Gasteiger partial charge >= 0.3 is 5.91 Å². The standard InChI is InChI=1S/C18H12N6O/c1-2-17(25)24-16-8-13-15(9-20-16)21-10-22-18(13)23-12-3-4-14-11(7-12)5-6-19-14/h1,3-10,19H,(H,20,24,25)(H,21,22,23). The van der Waals surface area contributed by atoms with E-state index in [1.165, 1.54) is 6.33 Å². The minimum absolute atomic E-state index is 0.342. The van der Waals surface area contributed by atoms with Crippen molar-refractivity contribution in [3.8, 4) is 12.3 Å². The highest BCUT2D eigenvalue weighted by atomic mass is 16.1. The largest absolute Gasteiger partial charge is 0.361 e. The van der Waals surface area contributed by atoms with Crippen LogP contribution in [0.1, 0.15) is 0 Å². The lowest BCUT2D eigenvalue weighted by molar-refractivity contribution is -0.111. The normalized spacial score (nSPS) is 10.5. The van der Waals surface area contributed by atoms with Crippen LogP contribution in [-0.2, 0) is 4.79 Å². The average molecular weight is 328 g/mol. The topological polar surface area (TPSA) is 95.6 Å². The minimum atomic E-state index is -0.559. The van der Waals surface area contributed by atoms with E-state index < -0.39 is 5.91 Å². The summed E-state index contributed by atoms with van der Waals surface area (Å²) in [6, 6.07) is 9.63. The van der Waals surface area contributed by atoms with E-state index >= 15 is 0 Å². The number of terminal acetylenes is 1. The number of benzene rings is 1. The van der Waals surface area contributed by atoms with Gasteiger partial charge in [-0.3, -0.25) is 10.1 Å². The number of H-pyrrole nitrogens is 1. The van der Waals surface area contributed by atoms with E-state index in [1.54, 1.807) is 12.3 Å². The molecule has 0 saturated heterocycles. The lowest BCUT2D eigenvalue weighted by Gasteiger charge is -2.09. The van der Waals surface area contributed by atoms with Crippen molar-refractivity contribution >= 4 is 45.0 Å². The van der Waals surface area contributed by atoms with Crippen LogP contribution in [0.5, 0.6) is 0 Å². The fourth-order valence-electron chi connectivity index (χ4n) is 2.55. The Labute approximate surface area is 142 Å². The molecule has 3 heterocycles. The Morgan fingerprint density at radius 3 is 2.96 bits per heavy atom. The third kappa shape index (κ3) is 2.84. The van der Waals surface area contributed by atoms with E-state index in [0.29, 0.717) is 17.2 Å². The zero-order chi connectivity index (χ0) is 17.2. The molecule has 4 rings (SSSR count). The quantitative estimate of drug-likeness (QED) is 0.503. The van der Waals surface area contributed by atoms with Crippen LogP contribution in [0.4, 0.5) is 17.3 Å². The molecule has 1 aromatic carbocycles. The lowest BCUT2D eigenvalue weighted by atomic mass is 10.2. The van der Waals surface area contributed by atoms with Crippen LogP contribution >= 0.6 is 0 Å². The zero-order valence-corrected chi connectivity index (χ0v) is 12.9. The summed E-state index contributed by atoms with van der Waals surface area (Å²) >= 11 is 0. The molecule has 0 fully saturated rings. The molecule has 0 radical (unpaired) electrons. The average Bonchev–Trinajstić information content (AvgIpc) is 3.10. The third-order valence-corrected chi connectivity index (χ3v) is 3.71. The van der Waals surface area contributed by atoms with Gasteiger partial charge in [0.1, 0.15) is 18.0 Å². The summed E-state index contributed by atoms with van der Waals surface area (Å²) in [6.07, 6.45) is 9.98. The number of fused-ring (bicyclic) bond motifs is 2. The first kappa shape index (κ1) is 14.7. The number of carbonyl (C=O) groups is 1. The Hall–Kier alpha value is -3.92. The van der Waals surface area contributed by atoms with E-state index in [4.69, 9.17) is 6.42 Å². The maximum atomic E-state index is 11.4. The van der Waals surface area contributed by atoms with Crippen LogP contribution in [0, 0.1) is 12.3 Å². The Kier molecular flexibility index (Phi) is 3.48. The first-order valence-corrected chi connectivity index (χ1v) is 7.45. The molecule has 0 aliphatic rings. The molecule has 120 valence electrons. The second kappa shape index (κ2) is 5.94. The van der Waals surface area contributed by atoms with Crippen LogP contribution in [0.3, 0.4) is 0 Å². The number of nitrogens with one attached hydrogen (secondary N) is 3. The Morgan fingerprint density at radius 2 is 2.08 bits per heavy atom. The number of aromatic amines is 1. The molecule has 0 saturated carbocycles. The van der Waals surface area contributed by atoms with Gasteiger partial charge in [-0.05, 0) is 36.3 Å². The fourth-order valence-corrected chi connectivity index (χ4v) is 2.55. The predicted octanol–water partition coefficient (Wildman–Crippen LogP) is 2.82. The van der Waals surface area contributed by atoms with Crippen molar-refractivity contribution in [2.24, 2.45) is 0 Å². The van der Waals surface area contributed by atoms with E-state index in [9.17, 15) is 4.79 Å². The molecule has 0 bridgehead atoms. The summed E-state index contributed by atoms with van der Waals surface area (Å²) in [5.74, 6) is 2.38. The van der Waals surface area contributed by atoms with Crippen molar-refractivity contribution < 1.29 is 4.79 Å². The van der Waals surface area contributed by atoms with Crippen molar-refractivity contribution in [2.45, 2.75) is 0 Å². The maximum absolute atomic E-state index is 11.4. The summed E-state index contributed by atoms with van der Waals surface area (Å²) in [7, 11) is 0. The Bertz CT molecular complexity index is 1140. The number of pyridine rings is 1. The number of anilines is 3. The molecule has 1 amide bonds. The molecule has 7 heteroatoms. The SMILES string of the molecule is C#CC(=O)Nc1cc2c(Nc3ccc4[nH]ccc4c3)ncnc2cn1. The van der Waals surface area contributed by atoms with Crippen molar-refractivity contribution in [3.63, 3.8) is 0 Å². The van der Waals surface area contributed by atoms with E-state index in [0.717, 1.165) is 22.0 Å². The molecule has 25 heavy (non-hydrogen) atoms. The molecular formula is C18H12N6O. The van der Waals surface area contributed by atoms with Crippen LogP contribution in [0.15, 0.2) is 49.1 Å². The van der Waals surface area contributed by atoms with Gasteiger partial charge in [-0.25, -0.2) is 15.0 Å². The van der Waals surface area contributed by atoms with Gasteiger partial charge < -0.3 is 10.3 Å². The van der Waals surface area contributed by atoms with Crippen molar-refractivity contribution in [1.29, 1.82) is 0 Å². The van der Waals surface area contributed by atoms with E-state index in [2.05, 4.69) is 30.6 Å². The zero-order valence-electron chi connectivity index (χ0n) is 12.9. The highest BCUT2D eigenvalue weighted by molar-refractivity contribution is 6.04. The monoisotopic (exact) mass is 328 g/mol. The number of nitrogens with zero attached hydrogens (tertiary/aromatic N) is 3. The van der Waals surface area contributed by atoms with Crippen molar-refractivity contribution in [3.05, 3.63) is 49.1 Å². The molecule has 0 aliphatic carbocycles. The molecular weight excluding hydrogens is 316 g/mol. The van der Waals surface area contributed by atoms with Gasteiger partial charge in [0.2, 0.25) is 0 Å². The molecule has 0 aliphatic heterocycles. The Morgan fingerprint density at radius 1 is 1.16 bits per heavy atom. The summed E-state index contributed by atoms with van der Waals surface area (Å²) in [4.78, 5) is 27.1. The Balaban J connectivity index is 1.73. The second-order valence-electron chi connectivity index (χ2n) is 5.31. The summed E-state index contributed by atoms with van der Waals surface area (Å²) in [5.41, 5.74) is 2.60. The molecule has 7 nitrogen and oxygen atoms in total. The summed E-state index contributed by atoms with van der Waals surface area (Å²) in [5, 5.41) is 7.61. The second-order valence-corrected chi connectivity index (χ2v) is 5.31. The van der Waals surface area contributed by atoms with Gasteiger partial charge in [0.25, 0.3) is 0 Å². The van der Waals surface area contributed by atoms with Crippen LogP contribution in [-0.4, -0.2) is 25.8 Å². The molecule has 0 unspecified atom stereocenters. The number of aromatic nitrogens is 4. The van der Waals surface area contributed by atoms with Crippen molar-refractivity contribution in [2.75, 3.05) is 10.6 Å². The maximum Gasteiger partial charge on any atom is 0.301 e. The first-order chi connectivity index (χ1) is 12.2. The first-order valence-electron chi connectivity index (χ1n) is 7.45. The summed E-state index contributed by atoms with van der Waals surface area (Å²) < 4.78 is 0. The van der Waals surface area contributed by atoms with Gasteiger partial charge in [0.05, 0.1) is 11.7 Å². The predicted molar refractivity (Wildman–Crippen MR) is 96.4 cm³/mol. The van der Waals surface area contributed by atoms with Crippen molar-refractivity contribution in [1.82, 2.24) is 19.9 Å². The summed E-state index contributed by atoms with van der Waals surface area (Å²) in [6.45, 7) is 0. The lowest BCUT2D eigenvalue weighted by Crippen LogP contribution is -2.09. The highest BCUT2D eigenvalue weighted by Crippen LogP contribution is 2.26. The van der Waals surface area contributed by atoms with Gasteiger partial charge in [-0.2, -0.15) is 0 Å². The molecule has 3 aromatic heterocycles. The molecule has 4 aromatic rings.